The highest BCUT2D eigenvalue weighted by molar-refractivity contribution is 5.76. The molecule has 5 nitrogen and oxygen atoms in total. The van der Waals surface area contributed by atoms with Crippen molar-refractivity contribution < 1.29 is 14.6 Å². The summed E-state index contributed by atoms with van der Waals surface area (Å²) in [5.74, 6) is 0.221. The van der Waals surface area contributed by atoms with Crippen LogP contribution in [-0.2, 0) is 9.53 Å². The molecule has 1 heterocycles. The van der Waals surface area contributed by atoms with Crippen LogP contribution in [0.2, 0.25) is 0 Å². The van der Waals surface area contributed by atoms with Crippen LogP contribution in [0.4, 0.5) is 0 Å². The number of carbonyl (C=O) groups excluding carboxylic acids is 1. The largest absolute Gasteiger partial charge is 0.392 e. The van der Waals surface area contributed by atoms with Crippen LogP contribution in [0, 0.1) is 0 Å². The highest BCUT2D eigenvalue weighted by Crippen LogP contribution is 2.05. The number of hydrogen-bond donors (Lipinski definition) is 1. The summed E-state index contributed by atoms with van der Waals surface area (Å²) < 4.78 is 4.93. The van der Waals surface area contributed by atoms with Gasteiger partial charge in [0.15, 0.2) is 0 Å². The third-order valence-electron chi connectivity index (χ3n) is 2.99. The first-order valence-corrected chi connectivity index (χ1v) is 6.30. The zero-order chi connectivity index (χ0) is 12.7. The van der Waals surface area contributed by atoms with Crippen LogP contribution in [0.1, 0.15) is 19.8 Å². The Kier molecular flexibility index (Phi) is 6.47. The molecule has 1 N–H and O–H groups in total. The van der Waals surface area contributed by atoms with Gasteiger partial charge in [0.25, 0.3) is 0 Å². The Morgan fingerprint density at radius 3 is 2.53 bits per heavy atom. The van der Waals surface area contributed by atoms with Crippen molar-refractivity contribution in [1.82, 2.24) is 9.80 Å². The van der Waals surface area contributed by atoms with Gasteiger partial charge in [-0.1, -0.05) is 0 Å². The maximum atomic E-state index is 11.8. The molecule has 0 aliphatic carbocycles. The lowest BCUT2D eigenvalue weighted by molar-refractivity contribution is -0.133. The Morgan fingerprint density at radius 2 is 2.00 bits per heavy atom. The second-order valence-electron chi connectivity index (χ2n) is 4.63. The second kappa shape index (κ2) is 7.63. The number of amides is 1. The average Bonchev–Trinajstić information content (AvgIpc) is 2.29. The first kappa shape index (κ1) is 14.4. The topological polar surface area (TPSA) is 53.0 Å². The molecule has 0 unspecified atom stereocenters. The molecule has 1 aliphatic heterocycles. The van der Waals surface area contributed by atoms with Crippen LogP contribution in [-0.4, -0.2) is 73.4 Å². The van der Waals surface area contributed by atoms with E-state index < -0.39 is 0 Å². The molecular weight excluding hydrogens is 220 g/mol. The van der Waals surface area contributed by atoms with Gasteiger partial charge < -0.3 is 14.7 Å². The number of nitrogens with zero attached hydrogens (tertiary/aromatic N) is 2. The van der Waals surface area contributed by atoms with E-state index >= 15 is 0 Å². The number of β-amino-alcohol motifs (C(OH)–C–C–N with tert-alkyl or cyclic N) is 1. The van der Waals surface area contributed by atoms with Crippen molar-refractivity contribution in [3.63, 3.8) is 0 Å². The van der Waals surface area contributed by atoms with E-state index in [-0.39, 0.29) is 12.0 Å². The van der Waals surface area contributed by atoms with E-state index in [0.29, 0.717) is 19.6 Å². The highest BCUT2D eigenvalue weighted by Gasteiger charge is 2.20. The first-order valence-electron chi connectivity index (χ1n) is 6.30. The Balaban J connectivity index is 2.19. The molecule has 0 radical (unpaired) electrons. The normalized spacial score (nSPS) is 19.4. The number of aliphatic hydroxyl groups excluding tert-OH is 1. The molecule has 1 amide bonds. The molecule has 1 rings (SSSR count). The molecule has 0 spiro atoms. The van der Waals surface area contributed by atoms with Crippen molar-refractivity contribution in [2.75, 3.05) is 46.4 Å². The number of aliphatic hydroxyl groups is 1. The number of piperazine rings is 1. The van der Waals surface area contributed by atoms with Gasteiger partial charge in [0.2, 0.25) is 5.91 Å². The van der Waals surface area contributed by atoms with E-state index in [4.69, 9.17) is 4.74 Å². The van der Waals surface area contributed by atoms with Crippen LogP contribution >= 0.6 is 0 Å². The Bertz CT molecular complexity index is 226. The van der Waals surface area contributed by atoms with Crippen LogP contribution in [0.15, 0.2) is 0 Å². The van der Waals surface area contributed by atoms with Crippen molar-refractivity contribution in [1.29, 1.82) is 0 Å². The van der Waals surface area contributed by atoms with Crippen LogP contribution < -0.4 is 0 Å². The van der Waals surface area contributed by atoms with Gasteiger partial charge >= 0.3 is 0 Å². The maximum absolute atomic E-state index is 11.8. The minimum Gasteiger partial charge on any atom is -0.392 e. The number of hydrogen-bond acceptors (Lipinski definition) is 4. The Labute approximate surface area is 103 Å². The predicted molar refractivity (Wildman–Crippen MR) is 65.8 cm³/mol. The molecule has 17 heavy (non-hydrogen) atoms. The molecule has 0 saturated carbocycles. The third-order valence-corrected chi connectivity index (χ3v) is 2.99. The van der Waals surface area contributed by atoms with Gasteiger partial charge in [-0.25, -0.2) is 0 Å². The number of methoxy groups -OCH3 is 1. The van der Waals surface area contributed by atoms with Crippen molar-refractivity contribution >= 4 is 5.91 Å². The summed E-state index contributed by atoms with van der Waals surface area (Å²) in [7, 11) is 1.65. The second-order valence-corrected chi connectivity index (χ2v) is 4.63. The molecule has 0 aromatic carbocycles. The van der Waals surface area contributed by atoms with Gasteiger partial charge in [0.1, 0.15) is 0 Å². The van der Waals surface area contributed by atoms with Gasteiger partial charge in [-0.3, -0.25) is 9.69 Å². The van der Waals surface area contributed by atoms with Gasteiger partial charge in [-0.05, 0) is 13.3 Å². The number of rotatable bonds is 6. The van der Waals surface area contributed by atoms with Crippen LogP contribution in [0.3, 0.4) is 0 Å². The summed E-state index contributed by atoms with van der Waals surface area (Å²) in [6.45, 7) is 6.42. The summed E-state index contributed by atoms with van der Waals surface area (Å²) in [5, 5.41) is 9.29. The fourth-order valence-electron chi connectivity index (χ4n) is 2.08. The number of ether oxygens (including phenoxy) is 1. The lowest BCUT2D eigenvalue weighted by Crippen LogP contribution is -2.50. The molecule has 1 fully saturated rings. The minimum atomic E-state index is -0.293. The summed E-state index contributed by atoms with van der Waals surface area (Å²) in [4.78, 5) is 15.9. The zero-order valence-corrected chi connectivity index (χ0v) is 10.9. The van der Waals surface area contributed by atoms with E-state index in [1.807, 2.05) is 4.90 Å². The summed E-state index contributed by atoms with van der Waals surface area (Å²) in [6, 6.07) is 0. The maximum Gasteiger partial charge on any atom is 0.222 e. The zero-order valence-electron chi connectivity index (χ0n) is 10.9. The van der Waals surface area contributed by atoms with Crippen molar-refractivity contribution in [3.8, 4) is 0 Å². The van der Waals surface area contributed by atoms with Crippen molar-refractivity contribution in [2.24, 2.45) is 0 Å². The monoisotopic (exact) mass is 244 g/mol. The standard InChI is InChI=1S/C12H24N2O3/c1-11(15)10-13-5-7-14(8-6-13)12(16)4-3-9-17-2/h11,15H,3-10H2,1-2H3/t11-/m0/s1. The van der Waals surface area contributed by atoms with Crippen LogP contribution in [0.5, 0.6) is 0 Å². The van der Waals surface area contributed by atoms with Crippen molar-refractivity contribution in [2.45, 2.75) is 25.9 Å². The average molecular weight is 244 g/mol. The lowest BCUT2D eigenvalue weighted by Gasteiger charge is -2.35. The van der Waals surface area contributed by atoms with Crippen LogP contribution in [0.25, 0.3) is 0 Å². The van der Waals surface area contributed by atoms with Gasteiger partial charge in [0, 0.05) is 52.9 Å². The first-order chi connectivity index (χ1) is 8.13. The minimum absolute atomic E-state index is 0.221. The van der Waals surface area contributed by atoms with E-state index in [0.717, 1.165) is 32.6 Å². The molecule has 1 atom stereocenters. The molecule has 0 bridgehead atoms. The molecular formula is C12H24N2O3. The summed E-state index contributed by atoms with van der Waals surface area (Å²) >= 11 is 0. The van der Waals surface area contributed by atoms with E-state index in [1.54, 1.807) is 14.0 Å². The smallest absolute Gasteiger partial charge is 0.222 e. The van der Waals surface area contributed by atoms with Gasteiger partial charge in [-0.15, -0.1) is 0 Å². The summed E-state index contributed by atoms with van der Waals surface area (Å²) in [6.07, 6.45) is 1.08. The highest BCUT2D eigenvalue weighted by atomic mass is 16.5. The SMILES string of the molecule is COCCCC(=O)N1CCN(C[C@H](C)O)CC1. The van der Waals surface area contributed by atoms with E-state index in [9.17, 15) is 9.90 Å². The molecule has 5 heteroatoms. The Hall–Kier alpha value is -0.650. The van der Waals surface area contributed by atoms with E-state index in [2.05, 4.69) is 4.90 Å². The fourth-order valence-corrected chi connectivity index (χ4v) is 2.08. The molecule has 1 saturated heterocycles. The number of carbonyl (C=O) groups is 1. The van der Waals surface area contributed by atoms with Crippen molar-refractivity contribution in [3.05, 3.63) is 0 Å². The molecule has 100 valence electrons. The van der Waals surface area contributed by atoms with E-state index in [1.165, 1.54) is 0 Å². The summed E-state index contributed by atoms with van der Waals surface area (Å²) in [5.41, 5.74) is 0. The predicted octanol–water partition coefficient (Wildman–Crippen LogP) is -0.0620. The third kappa shape index (κ3) is 5.48. The molecule has 1 aliphatic rings. The molecule has 0 aromatic rings. The van der Waals surface area contributed by atoms with Gasteiger partial charge in [-0.2, -0.15) is 0 Å². The van der Waals surface area contributed by atoms with Gasteiger partial charge in [0.05, 0.1) is 6.10 Å². The quantitative estimate of drug-likeness (QED) is 0.665. The Morgan fingerprint density at radius 1 is 1.35 bits per heavy atom. The molecule has 0 aromatic heterocycles. The lowest BCUT2D eigenvalue weighted by atomic mass is 10.2. The fraction of sp³-hybridized carbons (Fsp3) is 0.917.